The lowest BCUT2D eigenvalue weighted by molar-refractivity contribution is -0.147. The minimum absolute atomic E-state index is 0.0462. The summed E-state index contributed by atoms with van der Waals surface area (Å²) in [6.07, 6.45) is 0.0462. The van der Waals surface area contributed by atoms with Gasteiger partial charge in [-0.25, -0.2) is 0 Å². The third kappa shape index (κ3) is 5.55. The van der Waals surface area contributed by atoms with Gasteiger partial charge in [0.15, 0.2) is 6.61 Å². The van der Waals surface area contributed by atoms with Gasteiger partial charge in [-0.3, -0.25) is 14.4 Å². The molecule has 6 nitrogen and oxygen atoms in total. The Bertz CT molecular complexity index is 870. The third-order valence-electron chi connectivity index (χ3n) is 4.52. The lowest BCUT2D eigenvalue weighted by Crippen LogP contribution is -2.24. The van der Waals surface area contributed by atoms with Crippen molar-refractivity contribution in [1.29, 1.82) is 0 Å². The fourth-order valence-electron chi connectivity index (χ4n) is 2.97. The summed E-state index contributed by atoms with van der Waals surface area (Å²) in [6, 6.07) is 5.99. The van der Waals surface area contributed by atoms with E-state index in [0.717, 1.165) is 33.8 Å². The number of ether oxygens (including phenoxy) is 1. The van der Waals surface area contributed by atoms with E-state index in [2.05, 4.69) is 33.0 Å². The highest BCUT2D eigenvalue weighted by Gasteiger charge is 2.17. The maximum Gasteiger partial charge on any atom is 0.308 e. The van der Waals surface area contributed by atoms with Crippen molar-refractivity contribution in [3.8, 4) is 0 Å². The number of benzene rings is 1. The van der Waals surface area contributed by atoms with Gasteiger partial charge in [0, 0.05) is 23.3 Å². The van der Waals surface area contributed by atoms with Crippen LogP contribution in [0.15, 0.2) is 28.4 Å². The van der Waals surface area contributed by atoms with Crippen molar-refractivity contribution < 1.29 is 14.3 Å². The molecule has 1 aromatic carbocycles. The fraction of sp³-hybridized carbons (Fsp3) is 0.476. The molecule has 152 valence electrons. The molecule has 2 rings (SSSR count). The summed E-state index contributed by atoms with van der Waals surface area (Å²) < 4.78 is 6.62. The van der Waals surface area contributed by atoms with Crippen molar-refractivity contribution in [3.05, 3.63) is 50.1 Å². The van der Waals surface area contributed by atoms with E-state index >= 15 is 0 Å². The average molecular weight is 405 g/mol. The largest absolute Gasteiger partial charge is 0.456 e. The van der Waals surface area contributed by atoms with Crippen LogP contribution in [0.1, 0.15) is 62.8 Å². The molecule has 1 aromatic heterocycles. The van der Waals surface area contributed by atoms with Crippen molar-refractivity contribution in [3.63, 3.8) is 0 Å². The topological polar surface area (TPSA) is 77.4 Å². The van der Waals surface area contributed by atoms with Crippen molar-refractivity contribution in [2.75, 3.05) is 11.9 Å². The Morgan fingerprint density at radius 3 is 2.25 bits per heavy atom. The predicted molar refractivity (Wildman–Crippen MR) is 112 cm³/mol. The number of esters is 1. The van der Waals surface area contributed by atoms with Gasteiger partial charge in [0.1, 0.15) is 0 Å². The SMILES string of the molecule is Cc1csc(=O)n1CCC(=O)OCC(=O)Nc1c(C(C)C)cccc1C(C)C. The van der Waals surface area contributed by atoms with Crippen molar-refractivity contribution in [1.82, 2.24) is 4.57 Å². The fourth-order valence-corrected chi connectivity index (χ4v) is 3.73. The van der Waals surface area contributed by atoms with Crippen LogP contribution in [0.5, 0.6) is 0 Å². The summed E-state index contributed by atoms with van der Waals surface area (Å²) in [5, 5.41) is 4.66. The molecular weight excluding hydrogens is 376 g/mol. The van der Waals surface area contributed by atoms with Crippen LogP contribution in [-0.4, -0.2) is 23.1 Å². The van der Waals surface area contributed by atoms with Crippen molar-refractivity contribution >= 4 is 28.9 Å². The van der Waals surface area contributed by atoms with Crippen LogP contribution < -0.4 is 10.2 Å². The average Bonchev–Trinajstić information content (AvgIpc) is 2.95. The van der Waals surface area contributed by atoms with E-state index < -0.39 is 5.97 Å². The Hall–Kier alpha value is -2.41. The second kappa shape index (κ2) is 9.68. The molecular formula is C21H28N2O4S. The first kappa shape index (κ1) is 21.9. The van der Waals surface area contributed by atoms with Crippen LogP contribution in [0.2, 0.25) is 0 Å². The molecule has 0 spiro atoms. The lowest BCUT2D eigenvalue weighted by Gasteiger charge is -2.20. The number of rotatable bonds is 8. The molecule has 0 unspecified atom stereocenters. The first-order chi connectivity index (χ1) is 13.2. The number of carbonyl (C=O) groups excluding carboxylic acids is 2. The predicted octanol–water partition coefficient (Wildman–Crippen LogP) is 4.04. The van der Waals surface area contributed by atoms with Crippen molar-refractivity contribution in [2.24, 2.45) is 0 Å². The Labute approximate surface area is 169 Å². The van der Waals surface area contributed by atoms with Gasteiger partial charge in [0.2, 0.25) is 0 Å². The van der Waals surface area contributed by atoms with Crippen molar-refractivity contribution in [2.45, 2.75) is 59.4 Å². The number of aryl methyl sites for hydroxylation is 1. The molecule has 1 N–H and O–H groups in total. The van der Waals surface area contributed by atoms with Gasteiger partial charge < -0.3 is 14.6 Å². The molecule has 2 aromatic rings. The van der Waals surface area contributed by atoms with E-state index in [9.17, 15) is 14.4 Å². The Morgan fingerprint density at radius 2 is 1.75 bits per heavy atom. The summed E-state index contributed by atoms with van der Waals surface area (Å²) in [5.41, 5.74) is 3.72. The van der Waals surface area contributed by atoms with Crippen LogP contribution >= 0.6 is 11.3 Å². The maximum atomic E-state index is 12.4. The number of nitrogens with one attached hydrogen (secondary N) is 1. The van der Waals surface area contributed by atoms with Gasteiger partial charge in [-0.05, 0) is 29.9 Å². The quantitative estimate of drug-likeness (QED) is 0.674. The maximum absolute atomic E-state index is 12.4. The van der Waals surface area contributed by atoms with Crippen LogP contribution in [0.25, 0.3) is 0 Å². The molecule has 0 bridgehead atoms. The summed E-state index contributed by atoms with van der Waals surface area (Å²) in [7, 11) is 0. The number of amides is 1. The highest BCUT2D eigenvalue weighted by atomic mass is 32.1. The van der Waals surface area contributed by atoms with Gasteiger partial charge in [0.25, 0.3) is 5.91 Å². The summed E-state index contributed by atoms with van der Waals surface area (Å²) in [4.78, 5) is 35.9. The molecule has 0 aliphatic rings. The van der Waals surface area contributed by atoms with E-state index in [1.165, 1.54) is 4.57 Å². The zero-order valence-electron chi connectivity index (χ0n) is 17.1. The Balaban J connectivity index is 1.95. The molecule has 0 saturated carbocycles. The molecule has 7 heteroatoms. The van der Waals surface area contributed by atoms with Gasteiger partial charge in [-0.1, -0.05) is 57.2 Å². The zero-order valence-corrected chi connectivity index (χ0v) is 17.9. The number of hydrogen-bond donors (Lipinski definition) is 1. The summed E-state index contributed by atoms with van der Waals surface area (Å²) >= 11 is 1.10. The smallest absolute Gasteiger partial charge is 0.308 e. The molecule has 0 aliphatic carbocycles. The van der Waals surface area contributed by atoms with E-state index in [-0.39, 0.29) is 42.2 Å². The van der Waals surface area contributed by atoms with Gasteiger partial charge >= 0.3 is 10.8 Å². The Kier molecular flexibility index (Phi) is 7.57. The number of carbonyl (C=O) groups is 2. The highest BCUT2D eigenvalue weighted by Crippen LogP contribution is 2.32. The standard InChI is InChI=1S/C21H28N2O4S/c1-13(2)16-7-6-8-17(14(3)4)20(16)22-18(24)11-27-19(25)9-10-23-15(5)12-28-21(23)26/h6-8,12-14H,9-11H2,1-5H3,(H,22,24). The van der Waals surface area contributed by atoms with E-state index in [4.69, 9.17) is 4.74 Å². The minimum Gasteiger partial charge on any atom is -0.456 e. The molecule has 0 radical (unpaired) electrons. The summed E-state index contributed by atoms with van der Waals surface area (Å²) in [5.74, 6) is -0.367. The van der Waals surface area contributed by atoms with E-state index in [1.54, 1.807) is 5.38 Å². The van der Waals surface area contributed by atoms with E-state index in [0.29, 0.717) is 0 Å². The first-order valence-corrected chi connectivity index (χ1v) is 10.3. The minimum atomic E-state index is -0.506. The Morgan fingerprint density at radius 1 is 1.14 bits per heavy atom. The molecule has 1 amide bonds. The number of hydrogen-bond acceptors (Lipinski definition) is 5. The number of aromatic nitrogens is 1. The molecule has 0 atom stereocenters. The van der Waals surface area contributed by atoms with Gasteiger partial charge in [0.05, 0.1) is 6.42 Å². The number of para-hydroxylation sites is 1. The zero-order chi connectivity index (χ0) is 20.8. The third-order valence-corrected chi connectivity index (χ3v) is 5.40. The lowest BCUT2D eigenvalue weighted by atomic mass is 9.92. The monoisotopic (exact) mass is 404 g/mol. The number of nitrogens with zero attached hydrogens (tertiary/aromatic N) is 1. The van der Waals surface area contributed by atoms with Crippen LogP contribution in [-0.2, 0) is 20.9 Å². The summed E-state index contributed by atoms with van der Waals surface area (Å²) in [6.45, 7) is 10.0. The first-order valence-electron chi connectivity index (χ1n) is 9.43. The van der Waals surface area contributed by atoms with Crippen LogP contribution in [0, 0.1) is 6.92 Å². The highest BCUT2D eigenvalue weighted by molar-refractivity contribution is 7.07. The number of thiazole rings is 1. The van der Waals surface area contributed by atoms with Gasteiger partial charge in [-0.15, -0.1) is 0 Å². The normalized spacial score (nSPS) is 11.1. The van der Waals surface area contributed by atoms with E-state index in [1.807, 2.05) is 25.1 Å². The molecule has 1 heterocycles. The van der Waals surface area contributed by atoms with Crippen LogP contribution in [0.3, 0.4) is 0 Å². The van der Waals surface area contributed by atoms with Gasteiger partial charge in [-0.2, -0.15) is 0 Å². The molecule has 28 heavy (non-hydrogen) atoms. The number of anilines is 1. The molecule has 0 fully saturated rings. The van der Waals surface area contributed by atoms with Crippen LogP contribution in [0.4, 0.5) is 5.69 Å². The second-order valence-electron chi connectivity index (χ2n) is 7.37. The molecule has 0 aliphatic heterocycles. The second-order valence-corrected chi connectivity index (χ2v) is 8.20. The molecule has 0 saturated heterocycles.